The highest BCUT2D eigenvalue weighted by Gasteiger charge is 2.12. The van der Waals surface area contributed by atoms with Gasteiger partial charge in [-0.05, 0) is 12.1 Å². The minimum Gasteiger partial charge on any atom is -0.465 e. The number of methoxy groups -OCH3 is 1. The van der Waals surface area contributed by atoms with Crippen LogP contribution >= 0.6 is 0 Å². The number of nitrogens with zero attached hydrogens (tertiary/aromatic N) is 3. The molecule has 2 N–H and O–H groups in total. The summed E-state index contributed by atoms with van der Waals surface area (Å²) < 4.78 is 6.15. The first-order valence-electron chi connectivity index (χ1n) is 4.56. The molecule has 0 fully saturated rings. The maximum absolute atomic E-state index is 11.4. The topological polar surface area (TPSA) is 83.0 Å². The fourth-order valence-electron chi connectivity index (χ4n) is 1.27. The SMILES string of the molecule is COC(=O)c1cc(-n2cccn2)ncc1N. The molecule has 0 unspecified atom stereocenters. The molecule has 6 heteroatoms. The Hall–Kier alpha value is -2.37. The molecule has 0 aliphatic carbocycles. The van der Waals surface area contributed by atoms with Gasteiger partial charge in [0.25, 0.3) is 0 Å². The number of pyridine rings is 1. The molecule has 0 saturated heterocycles. The van der Waals surface area contributed by atoms with Crippen LogP contribution in [0.2, 0.25) is 0 Å². The summed E-state index contributed by atoms with van der Waals surface area (Å²) in [5.74, 6) is 0.0212. The summed E-state index contributed by atoms with van der Waals surface area (Å²) >= 11 is 0. The van der Waals surface area contributed by atoms with Crippen LogP contribution in [0.5, 0.6) is 0 Å². The number of anilines is 1. The molecule has 0 aliphatic rings. The Bertz CT molecular complexity index is 508. The van der Waals surface area contributed by atoms with E-state index in [0.29, 0.717) is 5.82 Å². The molecule has 0 radical (unpaired) electrons. The predicted octanol–water partition coefficient (Wildman–Crippen LogP) is 0.636. The van der Waals surface area contributed by atoms with Crippen LogP contribution in [0.4, 0.5) is 5.69 Å². The molecule has 2 aromatic rings. The van der Waals surface area contributed by atoms with Gasteiger partial charge < -0.3 is 10.5 Å². The van der Waals surface area contributed by atoms with Crippen LogP contribution in [-0.2, 0) is 4.74 Å². The van der Waals surface area contributed by atoms with Gasteiger partial charge >= 0.3 is 5.97 Å². The van der Waals surface area contributed by atoms with Crippen molar-refractivity contribution in [1.29, 1.82) is 0 Å². The molecule has 0 saturated carbocycles. The van der Waals surface area contributed by atoms with Gasteiger partial charge in [0.05, 0.1) is 24.6 Å². The van der Waals surface area contributed by atoms with E-state index in [4.69, 9.17) is 5.73 Å². The Balaban J connectivity index is 2.47. The van der Waals surface area contributed by atoms with Crippen molar-refractivity contribution in [1.82, 2.24) is 14.8 Å². The van der Waals surface area contributed by atoms with E-state index >= 15 is 0 Å². The number of ether oxygens (including phenoxy) is 1. The highest BCUT2D eigenvalue weighted by Crippen LogP contribution is 2.14. The van der Waals surface area contributed by atoms with Gasteiger partial charge in [-0.2, -0.15) is 5.10 Å². The van der Waals surface area contributed by atoms with Gasteiger partial charge in [-0.15, -0.1) is 0 Å². The van der Waals surface area contributed by atoms with E-state index in [1.165, 1.54) is 24.1 Å². The quantitative estimate of drug-likeness (QED) is 0.748. The van der Waals surface area contributed by atoms with E-state index in [1.807, 2.05) is 0 Å². The lowest BCUT2D eigenvalue weighted by atomic mass is 10.2. The lowest BCUT2D eigenvalue weighted by molar-refractivity contribution is 0.0602. The van der Waals surface area contributed by atoms with Crippen LogP contribution in [0.1, 0.15) is 10.4 Å². The number of hydrogen-bond acceptors (Lipinski definition) is 5. The molecule has 2 aromatic heterocycles. The monoisotopic (exact) mass is 218 g/mol. The molecular weight excluding hydrogens is 208 g/mol. The lowest BCUT2D eigenvalue weighted by Crippen LogP contribution is -2.08. The van der Waals surface area contributed by atoms with Gasteiger partial charge in [-0.3, -0.25) is 0 Å². The van der Waals surface area contributed by atoms with E-state index < -0.39 is 5.97 Å². The Morgan fingerprint density at radius 2 is 2.38 bits per heavy atom. The van der Waals surface area contributed by atoms with Crippen molar-refractivity contribution >= 4 is 11.7 Å². The second kappa shape index (κ2) is 4.01. The molecular formula is C10H10N4O2. The van der Waals surface area contributed by atoms with E-state index in [-0.39, 0.29) is 11.3 Å². The Morgan fingerprint density at radius 3 is 3.00 bits per heavy atom. The van der Waals surface area contributed by atoms with Crippen molar-refractivity contribution in [2.45, 2.75) is 0 Å². The fraction of sp³-hybridized carbons (Fsp3) is 0.100. The maximum atomic E-state index is 11.4. The first kappa shape index (κ1) is 10.2. The molecule has 16 heavy (non-hydrogen) atoms. The predicted molar refractivity (Wildman–Crippen MR) is 57.1 cm³/mol. The molecule has 0 spiro atoms. The number of nitrogens with two attached hydrogens (primary N) is 1. The first-order valence-corrected chi connectivity index (χ1v) is 4.56. The smallest absolute Gasteiger partial charge is 0.340 e. The van der Waals surface area contributed by atoms with Gasteiger partial charge in [0.2, 0.25) is 0 Å². The zero-order valence-corrected chi connectivity index (χ0v) is 8.62. The number of carbonyl (C=O) groups is 1. The average Bonchev–Trinajstić information content (AvgIpc) is 2.82. The van der Waals surface area contributed by atoms with Crippen LogP contribution in [0.15, 0.2) is 30.7 Å². The third kappa shape index (κ3) is 1.72. The van der Waals surface area contributed by atoms with Gasteiger partial charge in [-0.25, -0.2) is 14.5 Å². The molecule has 2 rings (SSSR count). The number of rotatable bonds is 2. The number of carbonyl (C=O) groups excluding carboxylic acids is 1. The first-order chi connectivity index (χ1) is 7.72. The molecule has 0 amide bonds. The summed E-state index contributed by atoms with van der Waals surface area (Å²) in [6.45, 7) is 0. The van der Waals surface area contributed by atoms with Gasteiger partial charge in [0, 0.05) is 12.4 Å². The molecule has 2 heterocycles. The van der Waals surface area contributed by atoms with Crippen LogP contribution in [0.3, 0.4) is 0 Å². The minimum atomic E-state index is -0.492. The Kier molecular flexibility index (Phi) is 2.55. The van der Waals surface area contributed by atoms with Crippen LogP contribution < -0.4 is 5.73 Å². The van der Waals surface area contributed by atoms with E-state index in [1.54, 1.807) is 18.5 Å². The van der Waals surface area contributed by atoms with E-state index in [0.717, 1.165) is 0 Å². The summed E-state index contributed by atoms with van der Waals surface area (Å²) in [6, 6.07) is 3.30. The van der Waals surface area contributed by atoms with Crippen molar-refractivity contribution in [2.24, 2.45) is 0 Å². The zero-order chi connectivity index (χ0) is 11.5. The zero-order valence-electron chi connectivity index (χ0n) is 8.62. The fourth-order valence-corrected chi connectivity index (χ4v) is 1.27. The highest BCUT2D eigenvalue weighted by molar-refractivity contribution is 5.95. The van der Waals surface area contributed by atoms with Crippen molar-refractivity contribution in [2.75, 3.05) is 12.8 Å². The Morgan fingerprint density at radius 1 is 1.56 bits per heavy atom. The maximum Gasteiger partial charge on any atom is 0.340 e. The molecule has 82 valence electrons. The standard InChI is InChI=1S/C10H10N4O2/c1-16-10(15)7-5-9(12-6-8(7)11)14-4-2-3-13-14/h2-6H,11H2,1H3. The van der Waals surface area contributed by atoms with Gasteiger partial charge in [-0.1, -0.05) is 0 Å². The number of esters is 1. The van der Waals surface area contributed by atoms with E-state index in [2.05, 4.69) is 14.8 Å². The number of hydrogen-bond donors (Lipinski definition) is 1. The summed E-state index contributed by atoms with van der Waals surface area (Å²) in [5.41, 5.74) is 6.19. The lowest BCUT2D eigenvalue weighted by Gasteiger charge is -2.05. The van der Waals surface area contributed by atoms with Crippen molar-refractivity contribution < 1.29 is 9.53 Å². The second-order valence-electron chi connectivity index (χ2n) is 3.07. The number of aromatic nitrogens is 3. The largest absolute Gasteiger partial charge is 0.465 e. The summed E-state index contributed by atoms with van der Waals surface area (Å²) in [4.78, 5) is 15.5. The summed E-state index contributed by atoms with van der Waals surface area (Å²) in [6.07, 6.45) is 4.75. The number of nitrogen functional groups attached to an aromatic ring is 1. The third-order valence-electron chi connectivity index (χ3n) is 2.06. The normalized spacial score (nSPS) is 10.1. The van der Waals surface area contributed by atoms with Gasteiger partial charge in [0.15, 0.2) is 5.82 Å². The molecule has 0 bridgehead atoms. The third-order valence-corrected chi connectivity index (χ3v) is 2.06. The van der Waals surface area contributed by atoms with Crippen molar-refractivity contribution in [3.8, 4) is 5.82 Å². The summed E-state index contributed by atoms with van der Waals surface area (Å²) in [7, 11) is 1.30. The van der Waals surface area contributed by atoms with Gasteiger partial charge in [0.1, 0.15) is 0 Å². The van der Waals surface area contributed by atoms with Crippen molar-refractivity contribution in [3.05, 3.63) is 36.3 Å². The second-order valence-corrected chi connectivity index (χ2v) is 3.07. The van der Waals surface area contributed by atoms with E-state index in [9.17, 15) is 4.79 Å². The van der Waals surface area contributed by atoms with Crippen LogP contribution in [-0.4, -0.2) is 27.8 Å². The summed E-state index contributed by atoms with van der Waals surface area (Å²) in [5, 5.41) is 4.00. The molecule has 0 aromatic carbocycles. The minimum absolute atomic E-state index is 0.280. The Labute approximate surface area is 91.7 Å². The average molecular weight is 218 g/mol. The highest BCUT2D eigenvalue weighted by atomic mass is 16.5. The van der Waals surface area contributed by atoms with Crippen molar-refractivity contribution in [3.63, 3.8) is 0 Å². The molecule has 0 atom stereocenters. The van der Waals surface area contributed by atoms with Crippen LogP contribution in [0.25, 0.3) is 5.82 Å². The van der Waals surface area contributed by atoms with Crippen LogP contribution in [0, 0.1) is 0 Å². The molecule has 0 aliphatic heterocycles. The molecule has 6 nitrogen and oxygen atoms in total.